The maximum absolute atomic E-state index is 12.7. The Labute approximate surface area is 123 Å². The first kappa shape index (κ1) is 15.9. The molecular weight excluding hydrogens is 303 g/mol. The summed E-state index contributed by atoms with van der Waals surface area (Å²) in [5, 5.41) is 2.33. The van der Waals surface area contributed by atoms with Gasteiger partial charge in [0.15, 0.2) is 0 Å². The van der Waals surface area contributed by atoms with Gasteiger partial charge in [-0.2, -0.15) is 13.2 Å². The van der Waals surface area contributed by atoms with Crippen LogP contribution in [0.1, 0.15) is 5.76 Å². The van der Waals surface area contributed by atoms with Crippen molar-refractivity contribution >= 4 is 22.8 Å². The van der Waals surface area contributed by atoms with E-state index < -0.39 is 30.5 Å². The molecule has 1 N–H and O–H groups in total. The van der Waals surface area contributed by atoms with E-state index in [1.54, 1.807) is 35.6 Å². The minimum atomic E-state index is -4.93. The summed E-state index contributed by atoms with van der Waals surface area (Å²) in [4.78, 5) is 22.8. The van der Waals surface area contributed by atoms with Crippen LogP contribution in [0.25, 0.3) is 11.0 Å². The smallest absolute Gasteiger partial charge is 0.419 e. The predicted molar refractivity (Wildman–Crippen MR) is 69.9 cm³/mol. The number of methoxy groups -OCH3 is 1. The lowest BCUT2D eigenvalue weighted by molar-refractivity contribution is -0.184. The Kier molecular flexibility index (Phi) is 4.39. The Morgan fingerprint density at radius 3 is 2.59 bits per heavy atom. The van der Waals surface area contributed by atoms with Crippen LogP contribution in [0, 0.1) is 0 Å². The van der Waals surface area contributed by atoms with Crippen LogP contribution in [0.5, 0.6) is 0 Å². The normalized spacial score (nSPS) is 12.9. The number of fused-ring (bicyclic) bond motifs is 1. The molecule has 0 aliphatic carbocycles. The van der Waals surface area contributed by atoms with Crippen molar-refractivity contribution in [3.8, 4) is 0 Å². The Morgan fingerprint density at radius 1 is 1.32 bits per heavy atom. The second-order valence-corrected chi connectivity index (χ2v) is 4.49. The molecule has 0 radical (unpaired) electrons. The Hall–Kier alpha value is -2.51. The minimum Gasteiger partial charge on any atom is -0.467 e. The summed E-state index contributed by atoms with van der Waals surface area (Å²) >= 11 is 0. The second kappa shape index (κ2) is 6.08. The van der Waals surface area contributed by atoms with Crippen LogP contribution >= 0.6 is 0 Å². The Bertz CT molecular complexity index is 660. The lowest BCUT2D eigenvalue weighted by Gasteiger charge is -2.18. The van der Waals surface area contributed by atoms with Gasteiger partial charge >= 0.3 is 12.1 Å². The van der Waals surface area contributed by atoms with Gasteiger partial charge < -0.3 is 14.5 Å². The third-order valence-corrected chi connectivity index (χ3v) is 2.88. The number of halogens is 3. The molecule has 0 spiro atoms. The van der Waals surface area contributed by atoms with Crippen LogP contribution in [0.4, 0.5) is 13.2 Å². The summed E-state index contributed by atoms with van der Waals surface area (Å²) in [5.41, 5.74) is 0.519. The van der Waals surface area contributed by atoms with Crippen molar-refractivity contribution in [3.05, 3.63) is 36.1 Å². The van der Waals surface area contributed by atoms with E-state index in [1.165, 1.54) is 0 Å². The highest BCUT2D eigenvalue weighted by Crippen LogP contribution is 2.22. The highest BCUT2D eigenvalue weighted by atomic mass is 19.4. The number of benzene rings is 1. The number of furan rings is 1. The molecule has 2 rings (SSSR count). The van der Waals surface area contributed by atoms with Crippen LogP contribution in [0.15, 0.2) is 34.7 Å². The molecule has 1 heterocycles. The largest absolute Gasteiger partial charge is 0.467 e. The fraction of sp³-hybridized carbons (Fsp3) is 0.286. The molecule has 0 aliphatic rings. The molecule has 118 valence electrons. The summed E-state index contributed by atoms with van der Waals surface area (Å²) in [6, 6.07) is 5.76. The summed E-state index contributed by atoms with van der Waals surface area (Å²) in [6.07, 6.45) is -5.35. The number of rotatable bonds is 4. The number of carbonyl (C=O) groups is 2. The quantitative estimate of drug-likeness (QED) is 0.878. The second-order valence-electron chi connectivity index (χ2n) is 4.49. The van der Waals surface area contributed by atoms with Crippen molar-refractivity contribution in [2.45, 2.75) is 18.6 Å². The monoisotopic (exact) mass is 315 g/mol. The van der Waals surface area contributed by atoms with Crippen molar-refractivity contribution in [1.29, 1.82) is 0 Å². The van der Waals surface area contributed by atoms with Gasteiger partial charge in [-0.25, -0.2) is 4.79 Å². The Morgan fingerprint density at radius 2 is 2.00 bits per heavy atom. The zero-order valence-electron chi connectivity index (χ0n) is 11.4. The maximum Gasteiger partial charge on any atom is 0.419 e. The number of carbonyl (C=O) groups excluding carboxylic acids is 2. The minimum absolute atomic E-state index is 0.199. The number of amides is 1. The number of alkyl halides is 3. The molecule has 1 aromatic heterocycles. The van der Waals surface area contributed by atoms with E-state index in [0.717, 1.165) is 12.5 Å². The van der Waals surface area contributed by atoms with E-state index >= 15 is 0 Å². The van der Waals surface area contributed by atoms with Gasteiger partial charge in [0.05, 0.1) is 13.5 Å². The van der Waals surface area contributed by atoms with Gasteiger partial charge in [0, 0.05) is 5.39 Å². The number of hydrogen-bond donors (Lipinski definition) is 1. The van der Waals surface area contributed by atoms with Crippen molar-refractivity contribution in [2.24, 2.45) is 0 Å². The molecule has 0 aliphatic heterocycles. The molecule has 2 aromatic rings. The number of esters is 1. The van der Waals surface area contributed by atoms with Gasteiger partial charge in [-0.3, -0.25) is 4.79 Å². The Balaban J connectivity index is 2.09. The average molecular weight is 315 g/mol. The zero-order valence-corrected chi connectivity index (χ0v) is 11.4. The molecule has 5 nitrogen and oxygen atoms in total. The fourth-order valence-electron chi connectivity index (χ4n) is 1.89. The van der Waals surface area contributed by atoms with E-state index in [2.05, 4.69) is 4.74 Å². The van der Waals surface area contributed by atoms with Crippen molar-refractivity contribution in [3.63, 3.8) is 0 Å². The summed E-state index contributed by atoms with van der Waals surface area (Å²) in [5.74, 6) is -2.37. The van der Waals surface area contributed by atoms with Crippen LogP contribution in [0.2, 0.25) is 0 Å². The third kappa shape index (κ3) is 3.57. The first-order valence-corrected chi connectivity index (χ1v) is 6.22. The van der Waals surface area contributed by atoms with Gasteiger partial charge in [0.1, 0.15) is 11.3 Å². The summed E-state index contributed by atoms with van der Waals surface area (Å²) in [6.45, 7) is 0. The molecule has 0 bridgehead atoms. The van der Waals surface area contributed by atoms with Crippen molar-refractivity contribution in [1.82, 2.24) is 5.32 Å². The molecule has 8 heteroatoms. The number of nitrogens with one attached hydrogen (secondary N) is 1. The highest BCUT2D eigenvalue weighted by molar-refractivity contribution is 5.87. The molecule has 0 saturated heterocycles. The molecule has 1 atom stereocenters. The van der Waals surface area contributed by atoms with Crippen molar-refractivity contribution in [2.75, 3.05) is 7.11 Å². The van der Waals surface area contributed by atoms with Gasteiger partial charge in [-0.15, -0.1) is 0 Å². The zero-order chi connectivity index (χ0) is 16.3. The lowest BCUT2D eigenvalue weighted by atomic mass is 10.2. The van der Waals surface area contributed by atoms with Crippen LogP contribution < -0.4 is 5.32 Å². The SMILES string of the molecule is COC(=O)C(NC(=O)Cc1cc2ccccc2o1)C(F)(F)F. The number of hydrogen-bond acceptors (Lipinski definition) is 4. The van der Waals surface area contributed by atoms with Gasteiger partial charge in [0.2, 0.25) is 11.9 Å². The lowest BCUT2D eigenvalue weighted by Crippen LogP contribution is -2.51. The summed E-state index contributed by atoms with van der Waals surface area (Å²) < 4.78 is 47.4. The van der Waals surface area contributed by atoms with E-state index in [4.69, 9.17) is 4.42 Å². The molecule has 0 saturated carbocycles. The molecule has 0 fully saturated rings. The molecule has 1 unspecified atom stereocenters. The standard InChI is InChI=1S/C14H12F3NO4/c1-21-13(20)12(14(15,16)17)18-11(19)7-9-6-8-4-2-3-5-10(8)22-9/h2-6,12H,7H2,1H3,(H,18,19). The first-order valence-electron chi connectivity index (χ1n) is 6.22. The maximum atomic E-state index is 12.7. The number of ether oxygens (including phenoxy) is 1. The molecular formula is C14H12F3NO4. The topological polar surface area (TPSA) is 68.5 Å². The van der Waals surface area contributed by atoms with E-state index in [-0.39, 0.29) is 5.76 Å². The van der Waals surface area contributed by atoms with E-state index in [9.17, 15) is 22.8 Å². The highest BCUT2D eigenvalue weighted by Gasteiger charge is 2.47. The van der Waals surface area contributed by atoms with Gasteiger partial charge in [-0.05, 0) is 12.1 Å². The summed E-state index contributed by atoms with van der Waals surface area (Å²) in [7, 11) is 0.812. The van der Waals surface area contributed by atoms with Crippen LogP contribution in [0.3, 0.4) is 0 Å². The molecule has 1 aromatic carbocycles. The number of para-hydroxylation sites is 1. The van der Waals surface area contributed by atoms with Gasteiger partial charge in [-0.1, -0.05) is 18.2 Å². The van der Waals surface area contributed by atoms with E-state index in [1.807, 2.05) is 0 Å². The predicted octanol–water partition coefficient (Wildman–Crippen LogP) is 2.20. The van der Waals surface area contributed by atoms with E-state index in [0.29, 0.717) is 5.58 Å². The van der Waals surface area contributed by atoms with Crippen LogP contribution in [-0.2, 0) is 20.7 Å². The molecule has 22 heavy (non-hydrogen) atoms. The van der Waals surface area contributed by atoms with Crippen LogP contribution in [-0.4, -0.2) is 31.2 Å². The van der Waals surface area contributed by atoms with Gasteiger partial charge in [0.25, 0.3) is 0 Å². The third-order valence-electron chi connectivity index (χ3n) is 2.88. The average Bonchev–Trinajstić information content (AvgIpc) is 2.84. The fourth-order valence-corrected chi connectivity index (χ4v) is 1.89. The molecule has 1 amide bonds. The first-order chi connectivity index (χ1) is 10.3. The van der Waals surface area contributed by atoms with Crippen molar-refractivity contribution < 1.29 is 31.9 Å².